The summed E-state index contributed by atoms with van der Waals surface area (Å²) < 4.78 is 5.31. The fraction of sp³-hybridized carbons (Fsp3) is 0.458. The zero-order valence-electron chi connectivity index (χ0n) is 18.0. The van der Waals surface area contributed by atoms with Crippen molar-refractivity contribution >= 4 is 17.7 Å². The van der Waals surface area contributed by atoms with Gasteiger partial charge in [0.2, 0.25) is 0 Å². The third kappa shape index (κ3) is 5.19. The van der Waals surface area contributed by atoms with Crippen LogP contribution in [-0.4, -0.2) is 20.7 Å². The first-order valence-electron chi connectivity index (χ1n) is 9.98. The van der Waals surface area contributed by atoms with Crippen LogP contribution in [0.15, 0.2) is 29.4 Å². The summed E-state index contributed by atoms with van der Waals surface area (Å²) in [5, 5.41) is 0. The fourth-order valence-electron chi connectivity index (χ4n) is 3.85. The zero-order valence-corrected chi connectivity index (χ0v) is 18.9. The summed E-state index contributed by atoms with van der Waals surface area (Å²) in [5.74, 6) is 6.09. The molecule has 0 atom stereocenters. The number of fused-ring (bicyclic) bond motifs is 1. The molecular formula is C24H28N2O2S. The molecule has 0 saturated carbocycles. The van der Waals surface area contributed by atoms with Gasteiger partial charge in [0, 0.05) is 34.0 Å². The molecule has 4 nitrogen and oxygen atoms in total. The summed E-state index contributed by atoms with van der Waals surface area (Å²) >= 11 is 1.95. The normalized spacial score (nSPS) is 16.3. The van der Waals surface area contributed by atoms with E-state index in [1.54, 1.807) is 12.4 Å². The lowest BCUT2D eigenvalue weighted by Crippen LogP contribution is -2.33. The van der Waals surface area contributed by atoms with Crippen molar-refractivity contribution in [2.24, 2.45) is 0 Å². The van der Waals surface area contributed by atoms with Gasteiger partial charge in [-0.2, -0.15) is 0 Å². The highest BCUT2D eigenvalue weighted by atomic mass is 32.2. The Balaban J connectivity index is 1.84. The van der Waals surface area contributed by atoms with Crippen LogP contribution in [0.3, 0.4) is 0 Å². The monoisotopic (exact) mass is 408 g/mol. The second-order valence-electron chi connectivity index (χ2n) is 8.81. The molecule has 0 N–H and O–H groups in total. The maximum absolute atomic E-state index is 11.5. The predicted molar refractivity (Wildman–Crippen MR) is 117 cm³/mol. The Kier molecular flexibility index (Phi) is 6.05. The fourth-order valence-corrected chi connectivity index (χ4v) is 5.56. The average molecular weight is 409 g/mol. The van der Waals surface area contributed by atoms with Gasteiger partial charge in [-0.15, -0.1) is 11.8 Å². The maximum atomic E-state index is 11.5. The number of esters is 1. The van der Waals surface area contributed by atoms with Crippen LogP contribution in [-0.2, 0) is 10.2 Å². The van der Waals surface area contributed by atoms with Crippen LogP contribution in [0.2, 0.25) is 0 Å². The molecule has 2 aromatic rings. The molecule has 1 aliphatic heterocycles. The molecule has 0 radical (unpaired) electrons. The highest BCUT2D eigenvalue weighted by molar-refractivity contribution is 8.00. The molecule has 0 spiro atoms. The van der Waals surface area contributed by atoms with Crippen LogP contribution < -0.4 is 4.74 Å². The Morgan fingerprint density at radius 1 is 1.17 bits per heavy atom. The summed E-state index contributed by atoms with van der Waals surface area (Å²) in [6.07, 6.45) is 5.39. The third-order valence-corrected chi connectivity index (χ3v) is 6.19. The molecule has 5 heteroatoms. The van der Waals surface area contributed by atoms with E-state index in [0.29, 0.717) is 12.0 Å². The van der Waals surface area contributed by atoms with Crippen molar-refractivity contribution in [2.75, 3.05) is 0 Å². The van der Waals surface area contributed by atoms with Crippen LogP contribution in [0.1, 0.15) is 76.1 Å². The molecule has 0 fully saturated rings. The molecular weight excluding hydrogens is 380 g/mol. The molecule has 1 aromatic heterocycles. The van der Waals surface area contributed by atoms with E-state index in [4.69, 9.17) is 4.74 Å². The van der Waals surface area contributed by atoms with E-state index < -0.39 is 0 Å². The first-order valence-corrected chi connectivity index (χ1v) is 10.8. The average Bonchev–Trinajstić information content (AvgIpc) is 2.60. The summed E-state index contributed by atoms with van der Waals surface area (Å²) in [5.41, 5.74) is 4.36. The van der Waals surface area contributed by atoms with Crippen LogP contribution in [0.5, 0.6) is 6.01 Å². The second kappa shape index (κ2) is 8.20. The molecule has 1 aliphatic rings. The molecule has 29 heavy (non-hydrogen) atoms. The van der Waals surface area contributed by atoms with Gasteiger partial charge in [0.05, 0.1) is 5.56 Å². The number of hydrogen-bond acceptors (Lipinski definition) is 5. The number of aryl methyl sites for hydroxylation is 1. The van der Waals surface area contributed by atoms with Gasteiger partial charge >= 0.3 is 12.0 Å². The van der Waals surface area contributed by atoms with Gasteiger partial charge in [-0.3, -0.25) is 4.79 Å². The number of hydrogen-bond donors (Lipinski definition) is 0. The maximum Gasteiger partial charge on any atom is 0.324 e. The lowest BCUT2D eigenvalue weighted by molar-refractivity contribution is -0.134. The Bertz CT molecular complexity index is 982. The van der Waals surface area contributed by atoms with Crippen molar-refractivity contribution < 1.29 is 9.53 Å². The topological polar surface area (TPSA) is 52.1 Å². The molecule has 0 bridgehead atoms. The van der Waals surface area contributed by atoms with E-state index in [1.807, 2.05) is 18.7 Å². The number of thioether (sulfide) groups is 1. The quantitative estimate of drug-likeness (QED) is 0.500. The highest BCUT2D eigenvalue weighted by Gasteiger charge is 2.38. The van der Waals surface area contributed by atoms with Gasteiger partial charge in [-0.25, -0.2) is 9.97 Å². The van der Waals surface area contributed by atoms with E-state index in [9.17, 15) is 4.79 Å². The Hall–Kier alpha value is -2.32. The largest absolute Gasteiger partial charge is 0.391 e. The van der Waals surface area contributed by atoms with Gasteiger partial charge in [0.1, 0.15) is 0 Å². The summed E-state index contributed by atoms with van der Waals surface area (Å²) in [4.78, 5) is 21.1. The number of rotatable bonds is 3. The van der Waals surface area contributed by atoms with Gasteiger partial charge in [-0.1, -0.05) is 46.5 Å². The van der Waals surface area contributed by atoms with E-state index in [1.165, 1.54) is 16.0 Å². The SMILES string of the molecule is CCCC(=O)Oc1ncc(C#Cc2cc3c(cc2C)SC(C)(C)CC3(C)C)cn1. The standard InChI is InChI=1S/C24H28N2O2S/c1-7-8-21(27)28-22-25-13-17(14-26-22)9-10-18-12-19-20(11-16(18)2)29-24(5,6)15-23(19,3)4/h11-14H,7-8,15H2,1-6H3. The Morgan fingerprint density at radius 2 is 1.86 bits per heavy atom. The zero-order chi connectivity index (χ0) is 21.2. The van der Waals surface area contributed by atoms with Crippen molar-refractivity contribution in [3.63, 3.8) is 0 Å². The third-order valence-electron chi connectivity index (χ3n) is 4.94. The van der Waals surface area contributed by atoms with Gasteiger partial charge in [-0.05, 0) is 48.4 Å². The lowest BCUT2D eigenvalue weighted by atomic mass is 9.76. The molecule has 0 unspecified atom stereocenters. The molecule has 152 valence electrons. The van der Waals surface area contributed by atoms with Gasteiger partial charge in [0.25, 0.3) is 0 Å². The van der Waals surface area contributed by atoms with E-state index in [2.05, 4.69) is 68.6 Å². The number of ether oxygens (including phenoxy) is 1. The minimum absolute atomic E-state index is 0.0698. The summed E-state index contributed by atoms with van der Waals surface area (Å²) in [6, 6.07) is 4.57. The second-order valence-corrected chi connectivity index (χ2v) is 10.6. The van der Waals surface area contributed by atoms with Crippen LogP contribution in [0.25, 0.3) is 0 Å². The smallest absolute Gasteiger partial charge is 0.324 e. The molecule has 0 aliphatic carbocycles. The van der Waals surface area contributed by atoms with Crippen LogP contribution >= 0.6 is 11.8 Å². The Morgan fingerprint density at radius 3 is 2.52 bits per heavy atom. The minimum Gasteiger partial charge on any atom is -0.391 e. The van der Waals surface area contributed by atoms with Crippen molar-refractivity contribution in [1.29, 1.82) is 0 Å². The number of benzene rings is 1. The molecule has 0 saturated heterocycles. The number of carbonyl (C=O) groups excluding carboxylic acids is 1. The highest BCUT2D eigenvalue weighted by Crippen LogP contribution is 2.51. The number of nitrogens with zero attached hydrogens (tertiary/aromatic N) is 2. The van der Waals surface area contributed by atoms with Crippen LogP contribution in [0.4, 0.5) is 0 Å². The van der Waals surface area contributed by atoms with Gasteiger partial charge in [0.15, 0.2) is 0 Å². The van der Waals surface area contributed by atoms with Crippen molar-refractivity contribution in [1.82, 2.24) is 9.97 Å². The summed E-state index contributed by atoms with van der Waals surface area (Å²) in [7, 11) is 0. The molecule has 3 rings (SSSR count). The number of aromatic nitrogens is 2. The predicted octanol–water partition coefficient (Wildman–Crippen LogP) is 5.44. The van der Waals surface area contributed by atoms with Crippen molar-refractivity contribution in [3.05, 3.63) is 46.8 Å². The molecule has 2 heterocycles. The summed E-state index contributed by atoms with van der Waals surface area (Å²) in [6.45, 7) is 13.3. The van der Waals surface area contributed by atoms with E-state index >= 15 is 0 Å². The van der Waals surface area contributed by atoms with Crippen LogP contribution in [0, 0.1) is 18.8 Å². The molecule has 1 aromatic carbocycles. The van der Waals surface area contributed by atoms with E-state index in [0.717, 1.165) is 18.4 Å². The first kappa shape index (κ1) is 21.4. The first-order chi connectivity index (χ1) is 13.6. The van der Waals surface area contributed by atoms with Gasteiger partial charge < -0.3 is 4.74 Å². The van der Waals surface area contributed by atoms with Crippen molar-refractivity contribution in [3.8, 4) is 17.9 Å². The van der Waals surface area contributed by atoms with Crippen molar-refractivity contribution in [2.45, 2.75) is 75.9 Å². The molecule has 0 amide bonds. The van der Waals surface area contributed by atoms with E-state index in [-0.39, 0.29) is 22.1 Å². The minimum atomic E-state index is -0.320. The lowest BCUT2D eigenvalue weighted by Gasteiger charge is -2.42. The Labute approximate surface area is 177 Å². The number of carbonyl (C=O) groups is 1.